The van der Waals surface area contributed by atoms with Gasteiger partial charge in [0.15, 0.2) is 0 Å². The van der Waals surface area contributed by atoms with Gasteiger partial charge in [-0.3, -0.25) is 0 Å². The highest BCUT2D eigenvalue weighted by Gasteiger charge is 2.30. The van der Waals surface area contributed by atoms with Gasteiger partial charge in [0.1, 0.15) is 0 Å². The Morgan fingerprint density at radius 3 is 2.92 bits per heavy atom. The van der Waals surface area contributed by atoms with Gasteiger partial charge >= 0.3 is 0 Å². The molecule has 0 amide bonds. The molecule has 0 spiro atoms. The van der Waals surface area contributed by atoms with Crippen LogP contribution in [0.4, 0.5) is 0 Å². The second-order valence-electron chi connectivity index (χ2n) is 4.01. The third-order valence-electron chi connectivity index (χ3n) is 3.25. The van der Waals surface area contributed by atoms with Crippen molar-refractivity contribution in [3.05, 3.63) is 17.4 Å². The summed E-state index contributed by atoms with van der Waals surface area (Å²) in [6.07, 6.45) is 5.66. The SMILES string of the molecule is C=C1CCCC2C1CCCN2[O-]. The van der Waals surface area contributed by atoms with Gasteiger partial charge in [0.25, 0.3) is 0 Å². The summed E-state index contributed by atoms with van der Waals surface area (Å²) in [7, 11) is 0. The van der Waals surface area contributed by atoms with E-state index in [1.807, 2.05) is 0 Å². The van der Waals surface area contributed by atoms with Crippen molar-refractivity contribution in [2.45, 2.75) is 38.1 Å². The molecule has 2 heteroatoms. The lowest BCUT2D eigenvalue weighted by molar-refractivity contribution is 0.135. The summed E-state index contributed by atoms with van der Waals surface area (Å²) in [5.41, 5.74) is 1.33. The van der Waals surface area contributed by atoms with Gasteiger partial charge in [-0.2, -0.15) is 0 Å². The monoisotopic (exact) mass is 166 g/mol. The molecular weight excluding hydrogens is 150 g/mol. The summed E-state index contributed by atoms with van der Waals surface area (Å²) in [6, 6.07) is 0.278. The van der Waals surface area contributed by atoms with Gasteiger partial charge < -0.3 is 10.3 Å². The quantitative estimate of drug-likeness (QED) is 0.516. The van der Waals surface area contributed by atoms with Crippen molar-refractivity contribution in [1.82, 2.24) is 5.06 Å². The standard InChI is InChI=1S/C10H16NO/c1-8-4-2-6-10-9(8)5-3-7-11(10)12/h9-10H,1-7H2/q-1. The molecule has 2 atom stereocenters. The molecule has 2 unspecified atom stereocenters. The fraction of sp³-hybridized carbons (Fsp3) is 0.800. The number of fused-ring (bicyclic) bond motifs is 1. The third kappa shape index (κ3) is 1.29. The van der Waals surface area contributed by atoms with Crippen molar-refractivity contribution in [2.24, 2.45) is 5.92 Å². The molecular formula is C10H16NO-. The summed E-state index contributed by atoms with van der Waals surface area (Å²) in [6.45, 7) is 4.81. The number of nitrogens with zero attached hydrogens (tertiary/aromatic N) is 1. The smallest absolute Gasteiger partial charge is 0.00404 e. The first-order valence-electron chi connectivity index (χ1n) is 4.90. The summed E-state index contributed by atoms with van der Waals surface area (Å²) >= 11 is 0. The Morgan fingerprint density at radius 2 is 2.17 bits per heavy atom. The Morgan fingerprint density at radius 1 is 1.33 bits per heavy atom. The van der Waals surface area contributed by atoms with Crippen LogP contribution in [0.1, 0.15) is 32.1 Å². The normalized spacial score (nSPS) is 37.9. The van der Waals surface area contributed by atoms with E-state index in [2.05, 4.69) is 6.58 Å². The van der Waals surface area contributed by atoms with E-state index in [9.17, 15) is 5.21 Å². The summed E-state index contributed by atoms with van der Waals surface area (Å²) in [5.74, 6) is 0.519. The fourth-order valence-electron chi connectivity index (χ4n) is 2.57. The highest BCUT2D eigenvalue weighted by Crippen LogP contribution is 2.37. The topological polar surface area (TPSA) is 26.3 Å². The summed E-state index contributed by atoms with van der Waals surface area (Å²) in [4.78, 5) is 0. The Bertz CT molecular complexity index is 190. The van der Waals surface area contributed by atoms with Crippen LogP contribution in [0.2, 0.25) is 0 Å². The van der Waals surface area contributed by atoms with Crippen LogP contribution < -0.4 is 0 Å². The molecule has 1 aliphatic carbocycles. The molecule has 0 aromatic heterocycles. The molecule has 2 nitrogen and oxygen atoms in total. The van der Waals surface area contributed by atoms with Crippen LogP contribution in [0, 0.1) is 11.1 Å². The maximum Gasteiger partial charge on any atom is 0.00404 e. The van der Waals surface area contributed by atoms with Crippen LogP contribution in [0.15, 0.2) is 12.2 Å². The van der Waals surface area contributed by atoms with Gasteiger partial charge in [-0.1, -0.05) is 12.2 Å². The molecule has 12 heavy (non-hydrogen) atoms. The fourth-order valence-corrected chi connectivity index (χ4v) is 2.57. The highest BCUT2D eigenvalue weighted by molar-refractivity contribution is 5.10. The zero-order valence-electron chi connectivity index (χ0n) is 7.46. The van der Waals surface area contributed by atoms with E-state index in [1.165, 1.54) is 23.5 Å². The first-order chi connectivity index (χ1) is 5.79. The largest absolute Gasteiger partial charge is 0.785 e. The van der Waals surface area contributed by atoms with Crippen molar-refractivity contribution in [2.75, 3.05) is 6.54 Å². The predicted molar refractivity (Wildman–Crippen MR) is 49.6 cm³/mol. The maximum absolute atomic E-state index is 11.4. The van der Waals surface area contributed by atoms with Gasteiger partial charge in [0.2, 0.25) is 0 Å². The molecule has 1 saturated heterocycles. The molecule has 2 fully saturated rings. The summed E-state index contributed by atoms with van der Waals surface area (Å²) in [5, 5.41) is 12.7. The second kappa shape index (κ2) is 3.19. The average molecular weight is 166 g/mol. The zero-order valence-corrected chi connectivity index (χ0v) is 7.46. The lowest BCUT2D eigenvalue weighted by Gasteiger charge is -2.49. The lowest BCUT2D eigenvalue weighted by atomic mass is 9.76. The van der Waals surface area contributed by atoms with Crippen LogP contribution in [0.25, 0.3) is 0 Å². The first kappa shape index (κ1) is 8.27. The zero-order chi connectivity index (χ0) is 8.55. The average Bonchev–Trinajstić information content (AvgIpc) is 2.07. The van der Waals surface area contributed by atoms with Gasteiger partial charge in [-0.25, -0.2) is 0 Å². The first-order valence-corrected chi connectivity index (χ1v) is 4.90. The predicted octanol–water partition coefficient (Wildman–Crippen LogP) is 2.30. The van der Waals surface area contributed by atoms with Crippen molar-refractivity contribution in [3.63, 3.8) is 0 Å². The Hall–Kier alpha value is -0.340. The van der Waals surface area contributed by atoms with Gasteiger partial charge in [0, 0.05) is 6.04 Å². The molecule has 1 aliphatic heterocycles. The van der Waals surface area contributed by atoms with Gasteiger partial charge in [-0.05, 0) is 44.6 Å². The van der Waals surface area contributed by atoms with Crippen molar-refractivity contribution in [3.8, 4) is 0 Å². The Kier molecular flexibility index (Phi) is 2.20. The van der Waals surface area contributed by atoms with E-state index in [1.54, 1.807) is 0 Å². The number of hydrogen-bond donors (Lipinski definition) is 0. The Labute approximate surface area is 73.8 Å². The Balaban J connectivity index is 2.10. The van der Waals surface area contributed by atoms with E-state index >= 15 is 0 Å². The van der Waals surface area contributed by atoms with Crippen LogP contribution >= 0.6 is 0 Å². The summed E-state index contributed by atoms with van der Waals surface area (Å²) < 4.78 is 0. The molecule has 1 saturated carbocycles. The molecule has 2 aliphatic rings. The number of rotatable bonds is 0. The van der Waals surface area contributed by atoms with E-state index in [-0.39, 0.29) is 6.04 Å². The van der Waals surface area contributed by atoms with E-state index in [0.717, 1.165) is 25.8 Å². The molecule has 0 bridgehead atoms. The third-order valence-corrected chi connectivity index (χ3v) is 3.25. The second-order valence-corrected chi connectivity index (χ2v) is 4.01. The van der Waals surface area contributed by atoms with Crippen LogP contribution in [-0.2, 0) is 0 Å². The van der Waals surface area contributed by atoms with Gasteiger partial charge in [0.05, 0.1) is 0 Å². The molecule has 0 aromatic rings. The molecule has 1 heterocycles. The van der Waals surface area contributed by atoms with E-state index in [0.29, 0.717) is 5.92 Å². The highest BCUT2D eigenvalue weighted by atomic mass is 16.5. The van der Waals surface area contributed by atoms with Crippen molar-refractivity contribution < 1.29 is 0 Å². The van der Waals surface area contributed by atoms with E-state index < -0.39 is 0 Å². The molecule has 0 aromatic carbocycles. The van der Waals surface area contributed by atoms with Crippen LogP contribution in [0.3, 0.4) is 0 Å². The number of hydroxylamine groups is 2. The number of piperidine rings is 1. The van der Waals surface area contributed by atoms with Crippen LogP contribution in [-0.4, -0.2) is 17.6 Å². The molecule has 0 radical (unpaired) electrons. The minimum absolute atomic E-state index is 0.278. The maximum atomic E-state index is 11.4. The molecule has 2 rings (SSSR count). The number of hydrogen-bond acceptors (Lipinski definition) is 2. The van der Waals surface area contributed by atoms with E-state index in [4.69, 9.17) is 0 Å². The lowest BCUT2D eigenvalue weighted by Crippen LogP contribution is -2.44. The minimum atomic E-state index is 0.278. The van der Waals surface area contributed by atoms with Crippen LogP contribution in [0.5, 0.6) is 0 Å². The van der Waals surface area contributed by atoms with Crippen molar-refractivity contribution in [1.29, 1.82) is 0 Å². The minimum Gasteiger partial charge on any atom is -0.785 e. The van der Waals surface area contributed by atoms with Gasteiger partial charge in [-0.15, -0.1) is 0 Å². The molecule has 68 valence electrons. The molecule has 0 N–H and O–H groups in total. The van der Waals surface area contributed by atoms with Crippen molar-refractivity contribution >= 4 is 0 Å².